The van der Waals surface area contributed by atoms with Gasteiger partial charge in [-0.1, -0.05) is 12.1 Å². The van der Waals surface area contributed by atoms with Crippen molar-refractivity contribution in [3.05, 3.63) is 71.9 Å². The van der Waals surface area contributed by atoms with E-state index in [0.717, 1.165) is 34.9 Å². The van der Waals surface area contributed by atoms with Crippen molar-refractivity contribution in [2.45, 2.75) is 39.8 Å². The Kier molecular flexibility index (Phi) is 8.95. The van der Waals surface area contributed by atoms with E-state index in [1.807, 2.05) is 43.3 Å². The van der Waals surface area contributed by atoms with Crippen LogP contribution in [0.15, 0.2) is 60.7 Å². The number of rotatable bonds is 12. The van der Waals surface area contributed by atoms with Crippen LogP contribution in [0.2, 0.25) is 0 Å². The number of nitrogens with zero attached hydrogens (tertiary/aromatic N) is 1. The first-order valence-corrected chi connectivity index (χ1v) is 11.4. The van der Waals surface area contributed by atoms with Gasteiger partial charge in [-0.3, -0.25) is 0 Å². The first-order chi connectivity index (χ1) is 16.0. The number of hydrogen-bond acceptors (Lipinski definition) is 5. The van der Waals surface area contributed by atoms with Crippen LogP contribution in [0.1, 0.15) is 25.1 Å². The molecule has 176 valence electrons. The summed E-state index contributed by atoms with van der Waals surface area (Å²) in [5.74, 6) is 1.31. The van der Waals surface area contributed by atoms with Crippen molar-refractivity contribution in [2.24, 2.45) is 0 Å². The summed E-state index contributed by atoms with van der Waals surface area (Å²) in [5, 5.41) is 0. The lowest BCUT2D eigenvalue weighted by atomic mass is 10.1. The van der Waals surface area contributed by atoms with Gasteiger partial charge < -0.3 is 23.5 Å². The van der Waals surface area contributed by atoms with Gasteiger partial charge in [0.25, 0.3) is 0 Å². The summed E-state index contributed by atoms with van der Waals surface area (Å²) in [7, 11) is 1.67. The maximum Gasteiger partial charge on any atom is 0.335 e. The van der Waals surface area contributed by atoms with E-state index in [-0.39, 0.29) is 5.97 Å². The van der Waals surface area contributed by atoms with Crippen molar-refractivity contribution in [1.82, 2.24) is 4.57 Å². The van der Waals surface area contributed by atoms with Crippen LogP contribution >= 0.6 is 0 Å². The summed E-state index contributed by atoms with van der Waals surface area (Å²) >= 11 is 0. The van der Waals surface area contributed by atoms with Crippen molar-refractivity contribution in [3.8, 4) is 22.8 Å². The number of esters is 1. The minimum absolute atomic E-state index is 0.325. The molecular weight excluding hydrogens is 418 g/mol. The Balaban J connectivity index is 1.58. The van der Waals surface area contributed by atoms with Gasteiger partial charge in [0, 0.05) is 24.4 Å². The van der Waals surface area contributed by atoms with Crippen LogP contribution in [0, 0.1) is 6.92 Å². The zero-order valence-corrected chi connectivity index (χ0v) is 19.9. The minimum Gasteiger partial charge on any atom is -0.497 e. The lowest BCUT2D eigenvalue weighted by molar-refractivity contribution is -0.156. The van der Waals surface area contributed by atoms with Crippen LogP contribution < -0.4 is 9.47 Å². The monoisotopic (exact) mass is 451 g/mol. The predicted molar refractivity (Wildman–Crippen MR) is 129 cm³/mol. The number of benzene rings is 2. The van der Waals surface area contributed by atoms with Gasteiger partial charge in [0.2, 0.25) is 0 Å². The van der Waals surface area contributed by atoms with E-state index in [9.17, 15) is 4.79 Å². The van der Waals surface area contributed by atoms with Crippen molar-refractivity contribution in [3.63, 3.8) is 0 Å². The fourth-order valence-electron chi connectivity index (χ4n) is 3.72. The molecular formula is C27H33NO5. The molecule has 0 N–H and O–H groups in total. The SMILES string of the molecule is CCOC(=O)C(Cc1ccc(OCCn2c(C)ccc2-c2ccc(OC)cc2)cc1)OCC. The fraction of sp³-hybridized carbons (Fsp3) is 0.370. The standard InChI is InChI=1S/C27H33NO5/c1-5-31-26(27(29)32-6-2)19-21-8-12-24(13-9-21)33-18-17-28-20(3)7-16-25(28)22-10-14-23(30-4)15-11-22/h7-16,26H,5-6,17-19H2,1-4H3. The van der Waals surface area contributed by atoms with Crippen LogP contribution in [0.3, 0.4) is 0 Å². The molecule has 1 atom stereocenters. The number of aryl methyl sites for hydroxylation is 1. The first kappa shape index (κ1) is 24.4. The molecule has 6 nitrogen and oxygen atoms in total. The van der Waals surface area contributed by atoms with Crippen LogP contribution in [0.5, 0.6) is 11.5 Å². The molecule has 0 saturated carbocycles. The van der Waals surface area contributed by atoms with Gasteiger partial charge >= 0.3 is 5.97 Å². The van der Waals surface area contributed by atoms with Gasteiger partial charge in [0.1, 0.15) is 18.1 Å². The highest BCUT2D eigenvalue weighted by Gasteiger charge is 2.20. The number of aromatic nitrogens is 1. The summed E-state index contributed by atoms with van der Waals surface area (Å²) in [6.45, 7) is 7.84. The zero-order chi connectivity index (χ0) is 23.6. The minimum atomic E-state index is -0.588. The molecule has 33 heavy (non-hydrogen) atoms. The van der Waals surface area contributed by atoms with Gasteiger partial charge in [-0.15, -0.1) is 0 Å². The zero-order valence-electron chi connectivity index (χ0n) is 19.9. The lowest BCUT2D eigenvalue weighted by Crippen LogP contribution is -2.28. The average Bonchev–Trinajstić information content (AvgIpc) is 3.20. The molecule has 1 aromatic heterocycles. The summed E-state index contributed by atoms with van der Waals surface area (Å²) in [6.07, 6.45) is -0.115. The Morgan fingerprint density at radius 1 is 0.909 bits per heavy atom. The third-order valence-electron chi connectivity index (χ3n) is 5.43. The topological polar surface area (TPSA) is 58.9 Å². The number of carbonyl (C=O) groups excluding carboxylic acids is 1. The van der Waals surface area contributed by atoms with Crippen molar-refractivity contribution in [1.29, 1.82) is 0 Å². The smallest absolute Gasteiger partial charge is 0.335 e. The van der Waals surface area contributed by atoms with Crippen molar-refractivity contribution in [2.75, 3.05) is 26.9 Å². The van der Waals surface area contributed by atoms with Crippen LogP contribution in [0.4, 0.5) is 0 Å². The molecule has 0 aliphatic rings. The Bertz CT molecular complexity index is 1010. The molecule has 0 spiro atoms. The van der Waals surface area contributed by atoms with Crippen LogP contribution in [-0.4, -0.2) is 43.6 Å². The second kappa shape index (κ2) is 12.1. The summed E-state index contributed by atoms with van der Waals surface area (Å²) in [6, 6.07) is 20.1. The van der Waals surface area contributed by atoms with Gasteiger partial charge in [-0.05, 0) is 80.4 Å². The van der Waals surface area contributed by atoms with Gasteiger partial charge in [0.15, 0.2) is 6.10 Å². The van der Waals surface area contributed by atoms with E-state index in [1.165, 1.54) is 5.69 Å². The number of carbonyl (C=O) groups is 1. The van der Waals surface area contributed by atoms with Crippen molar-refractivity contribution < 1.29 is 23.7 Å². The van der Waals surface area contributed by atoms with Gasteiger partial charge in [-0.25, -0.2) is 4.79 Å². The third-order valence-corrected chi connectivity index (χ3v) is 5.43. The molecule has 3 aromatic rings. The van der Waals surface area contributed by atoms with Gasteiger partial charge in [0.05, 0.1) is 20.3 Å². The highest BCUT2D eigenvalue weighted by molar-refractivity contribution is 5.75. The quantitative estimate of drug-likeness (QED) is 0.360. The average molecular weight is 452 g/mol. The molecule has 1 heterocycles. The first-order valence-electron chi connectivity index (χ1n) is 11.4. The van der Waals surface area contributed by atoms with Crippen LogP contribution in [-0.2, 0) is 27.2 Å². The van der Waals surface area contributed by atoms with Crippen LogP contribution in [0.25, 0.3) is 11.3 Å². The highest BCUT2D eigenvalue weighted by Crippen LogP contribution is 2.25. The molecule has 0 aliphatic heterocycles. The molecule has 0 aliphatic carbocycles. The summed E-state index contributed by atoms with van der Waals surface area (Å²) in [4.78, 5) is 12.1. The third kappa shape index (κ3) is 6.62. The Morgan fingerprint density at radius 3 is 2.24 bits per heavy atom. The molecule has 0 saturated heterocycles. The Labute approximate surface area is 196 Å². The van der Waals surface area contributed by atoms with E-state index in [0.29, 0.717) is 26.2 Å². The number of methoxy groups -OCH3 is 1. The number of hydrogen-bond donors (Lipinski definition) is 0. The highest BCUT2D eigenvalue weighted by atomic mass is 16.6. The lowest BCUT2D eigenvalue weighted by Gasteiger charge is -2.16. The van der Waals surface area contributed by atoms with Gasteiger partial charge in [-0.2, -0.15) is 0 Å². The maximum atomic E-state index is 12.1. The summed E-state index contributed by atoms with van der Waals surface area (Å²) < 4.78 is 24.2. The Morgan fingerprint density at radius 2 is 1.61 bits per heavy atom. The molecule has 1 unspecified atom stereocenters. The fourth-order valence-corrected chi connectivity index (χ4v) is 3.72. The molecule has 2 aromatic carbocycles. The molecule has 0 radical (unpaired) electrons. The largest absolute Gasteiger partial charge is 0.497 e. The second-order valence-electron chi connectivity index (χ2n) is 7.63. The van der Waals surface area contributed by atoms with E-state index in [4.69, 9.17) is 18.9 Å². The normalized spacial score (nSPS) is 11.8. The maximum absolute atomic E-state index is 12.1. The molecule has 0 amide bonds. The van der Waals surface area contributed by atoms with E-state index >= 15 is 0 Å². The van der Waals surface area contributed by atoms with Crippen molar-refractivity contribution >= 4 is 5.97 Å². The predicted octanol–water partition coefficient (Wildman–Crippen LogP) is 5.06. The van der Waals surface area contributed by atoms with E-state index in [2.05, 4.69) is 35.8 Å². The molecule has 0 bridgehead atoms. The van der Waals surface area contributed by atoms with E-state index < -0.39 is 6.10 Å². The molecule has 6 heteroatoms. The molecule has 0 fully saturated rings. The molecule has 3 rings (SSSR count). The number of ether oxygens (including phenoxy) is 4. The second-order valence-corrected chi connectivity index (χ2v) is 7.63. The summed E-state index contributed by atoms with van der Waals surface area (Å²) in [5.41, 5.74) is 4.46. The Hall–Kier alpha value is -3.25. The van der Waals surface area contributed by atoms with E-state index in [1.54, 1.807) is 14.0 Å².